The molecular weight excluding hydrogens is 298 g/mol. The first-order valence-electron chi connectivity index (χ1n) is 7.77. The lowest BCUT2D eigenvalue weighted by Gasteiger charge is -2.38. The average molecular weight is 326 g/mol. The molecule has 23 heavy (non-hydrogen) atoms. The Bertz CT molecular complexity index is 476. The highest BCUT2D eigenvalue weighted by molar-refractivity contribution is 5.54. The monoisotopic (exact) mass is 326 g/mol. The van der Waals surface area contributed by atoms with Gasteiger partial charge in [-0.2, -0.15) is 0 Å². The molecule has 0 aliphatic rings. The van der Waals surface area contributed by atoms with Crippen molar-refractivity contribution in [1.29, 1.82) is 0 Å². The number of benzene rings is 1. The number of quaternary nitrogens is 1. The summed E-state index contributed by atoms with van der Waals surface area (Å²) in [5.41, 5.74) is 7.55. The summed E-state index contributed by atoms with van der Waals surface area (Å²) in [7, 11) is 1.57. The predicted octanol–water partition coefficient (Wildman–Crippen LogP) is -0.285. The van der Waals surface area contributed by atoms with E-state index < -0.39 is 0 Å². The van der Waals surface area contributed by atoms with Crippen LogP contribution in [0.15, 0.2) is 18.2 Å². The van der Waals surface area contributed by atoms with Gasteiger partial charge >= 0.3 is 0 Å². The Morgan fingerprint density at radius 1 is 1.26 bits per heavy atom. The summed E-state index contributed by atoms with van der Waals surface area (Å²) >= 11 is 0. The largest absolute Gasteiger partial charge is 0.495 e. The Hall–Kier alpha value is -1.83. The maximum atomic E-state index is 10.3. The summed E-state index contributed by atoms with van der Waals surface area (Å²) in [6.07, 6.45) is 1.45. The van der Waals surface area contributed by atoms with Crippen molar-refractivity contribution in [2.75, 3.05) is 52.2 Å². The van der Waals surface area contributed by atoms with Gasteiger partial charge in [0.2, 0.25) is 6.41 Å². The van der Waals surface area contributed by atoms with E-state index in [1.54, 1.807) is 7.11 Å². The third-order valence-electron chi connectivity index (χ3n) is 4.00. The summed E-state index contributed by atoms with van der Waals surface area (Å²) in [6, 6.07) is 5.63. The van der Waals surface area contributed by atoms with Gasteiger partial charge in [0.1, 0.15) is 25.4 Å². The minimum atomic E-state index is 0.0345. The number of rotatable bonds is 12. The van der Waals surface area contributed by atoms with Crippen LogP contribution in [0.2, 0.25) is 0 Å². The Balaban J connectivity index is 2.88. The molecule has 1 aromatic rings. The molecule has 0 heterocycles. The highest BCUT2D eigenvalue weighted by Crippen LogP contribution is 2.24. The number of nitrogens with two attached hydrogens (primary N) is 1. The first kappa shape index (κ1) is 19.2. The van der Waals surface area contributed by atoms with E-state index in [1.165, 1.54) is 0 Å². The molecule has 0 unspecified atom stereocenters. The Morgan fingerprint density at radius 3 is 2.48 bits per heavy atom. The van der Waals surface area contributed by atoms with Crippen LogP contribution in [-0.2, 0) is 11.3 Å². The smallest absolute Gasteiger partial charge is 0.207 e. The van der Waals surface area contributed by atoms with Gasteiger partial charge in [-0.05, 0) is 18.2 Å². The van der Waals surface area contributed by atoms with Crippen molar-refractivity contribution in [1.82, 2.24) is 5.32 Å². The fraction of sp³-hybridized carbons (Fsp3) is 0.562. The molecule has 0 atom stereocenters. The third-order valence-corrected chi connectivity index (χ3v) is 4.00. The first-order chi connectivity index (χ1) is 11.1. The molecule has 0 aliphatic carbocycles. The van der Waals surface area contributed by atoms with Crippen LogP contribution in [0.5, 0.6) is 5.75 Å². The van der Waals surface area contributed by atoms with Gasteiger partial charge < -0.3 is 30.5 Å². The van der Waals surface area contributed by atoms with Crippen LogP contribution in [0.25, 0.3) is 0 Å². The van der Waals surface area contributed by atoms with Crippen molar-refractivity contribution < 1.29 is 24.2 Å². The van der Waals surface area contributed by atoms with Gasteiger partial charge in [0.05, 0.1) is 32.6 Å². The van der Waals surface area contributed by atoms with Crippen LogP contribution in [0, 0.1) is 0 Å². The van der Waals surface area contributed by atoms with E-state index in [-0.39, 0.29) is 13.2 Å². The minimum absolute atomic E-state index is 0.0345. The predicted molar refractivity (Wildman–Crippen MR) is 88.8 cm³/mol. The summed E-state index contributed by atoms with van der Waals surface area (Å²) in [6.45, 7) is 3.11. The first-order valence-corrected chi connectivity index (χ1v) is 7.77. The van der Waals surface area contributed by atoms with Crippen LogP contribution in [0.1, 0.15) is 12.0 Å². The molecule has 0 fully saturated rings. The van der Waals surface area contributed by atoms with Gasteiger partial charge in [0.15, 0.2) is 0 Å². The van der Waals surface area contributed by atoms with Crippen LogP contribution in [0.4, 0.5) is 5.69 Å². The molecule has 0 aliphatic heterocycles. The SMILES string of the molecule is COc1ccc(C[N+](CCO)(CCO)CCCNC=O)cc1N. The molecule has 0 radical (unpaired) electrons. The normalized spacial score (nSPS) is 11.3. The molecule has 0 spiro atoms. The van der Waals surface area contributed by atoms with E-state index >= 15 is 0 Å². The van der Waals surface area contributed by atoms with Crippen LogP contribution >= 0.6 is 0 Å². The van der Waals surface area contributed by atoms with E-state index in [0.717, 1.165) is 18.5 Å². The van der Waals surface area contributed by atoms with Crippen molar-refractivity contribution in [2.45, 2.75) is 13.0 Å². The molecular formula is C16H28N3O4+. The number of aliphatic hydroxyl groups is 2. The lowest BCUT2D eigenvalue weighted by Crippen LogP contribution is -2.52. The van der Waals surface area contributed by atoms with E-state index in [4.69, 9.17) is 10.5 Å². The van der Waals surface area contributed by atoms with Gasteiger partial charge in [-0.3, -0.25) is 4.79 Å². The number of aliphatic hydroxyl groups excluding tert-OH is 2. The second kappa shape index (κ2) is 10.0. The Kier molecular flexibility index (Phi) is 8.39. The molecule has 7 nitrogen and oxygen atoms in total. The van der Waals surface area contributed by atoms with E-state index in [2.05, 4.69) is 5.32 Å². The zero-order valence-electron chi connectivity index (χ0n) is 13.7. The summed E-state index contributed by atoms with van der Waals surface area (Å²) in [4.78, 5) is 10.3. The van der Waals surface area contributed by atoms with Gasteiger partial charge in [-0.1, -0.05) is 0 Å². The van der Waals surface area contributed by atoms with Gasteiger partial charge in [0, 0.05) is 18.5 Å². The minimum Gasteiger partial charge on any atom is -0.495 e. The van der Waals surface area contributed by atoms with Crippen molar-refractivity contribution in [3.8, 4) is 5.75 Å². The zero-order chi connectivity index (χ0) is 17.1. The van der Waals surface area contributed by atoms with E-state index in [9.17, 15) is 15.0 Å². The van der Waals surface area contributed by atoms with Gasteiger partial charge in [0.25, 0.3) is 0 Å². The number of hydrogen-bond acceptors (Lipinski definition) is 5. The molecule has 0 saturated carbocycles. The number of carbonyl (C=O) groups is 1. The molecule has 0 aromatic heterocycles. The number of amides is 1. The standard InChI is InChI=1S/C16H27N3O4/c1-23-16-4-3-14(11-15(16)17)12-19(7-9-20,8-10-21)6-2-5-18-13-22/h3-4,11,13,20-21H,2,5-10,12,17H2,1H3/p+1. The molecule has 5 N–H and O–H groups in total. The molecule has 1 rings (SSSR count). The number of ether oxygens (including phenoxy) is 1. The number of nitrogens with zero attached hydrogens (tertiary/aromatic N) is 1. The fourth-order valence-corrected chi connectivity index (χ4v) is 2.84. The molecule has 1 amide bonds. The molecule has 1 aromatic carbocycles. The molecule has 0 bridgehead atoms. The number of methoxy groups -OCH3 is 1. The maximum absolute atomic E-state index is 10.3. The Morgan fingerprint density at radius 2 is 1.96 bits per heavy atom. The molecule has 130 valence electrons. The highest BCUT2D eigenvalue weighted by atomic mass is 16.5. The fourth-order valence-electron chi connectivity index (χ4n) is 2.84. The number of nitrogen functional groups attached to an aromatic ring is 1. The van der Waals surface area contributed by atoms with E-state index in [0.29, 0.717) is 48.5 Å². The third kappa shape index (κ3) is 6.05. The topological polar surface area (TPSA) is 105 Å². The Labute approximate surface area is 137 Å². The summed E-state index contributed by atoms with van der Waals surface area (Å²) < 4.78 is 5.71. The van der Waals surface area contributed by atoms with Gasteiger partial charge in [-0.15, -0.1) is 0 Å². The number of carbonyl (C=O) groups excluding carboxylic acids is 1. The lowest BCUT2D eigenvalue weighted by atomic mass is 10.1. The van der Waals surface area contributed by atoms with Gasteiger partial charge in [-0.25, -0.2) is 0 Å². The quantitative estimate of drug-likeness (QED) is 0.183. The summed E-state index contributed by atoms with van der Waals surface area (Å²) in [5, 5.41) is 21.5. The summed E-state index contributed by atoms with van der Waals surface area (Å²) in [5.74, 6) is 0.631. The number of hydrogen-bond donors (Lipinski definition) is 4. The highest BCUT2D eigenvalue weighted by Gasteiger charge is 2.26. The van der Waals surface area contributed by atoms with Crippen LogP contribution in [0.3, 0.4) is 0 Å². The average Bonchev–Trinajstić information content (AvgIpc) is 2.52. The number of anilines is 1. The van der Waals surface area contributed by atoms with Crippen molar-refractivity contribution in [2.24, 2.45) is 0 Å². The molecule has 0 saturated heterocycles. The second-order valence-corrected chi connectivity index (χ2v) is 5.62. The van der Waals surface area contributed by atoms with Crippen molar-refractivity contribution >= 4 is 12.1 Å². The van der Waals surface area contributed by atoms with Crippen LogP contribution in [-0.4, -0.2) is 67.6 Å². The van der Waals surface area contributed by atoms with Crippen LogP contribution < -0.4 is 15.8 Å². The number of nitrogens with one attached hydrogen (secondary N) is 1. The lowest BCUT2D eigenvalue weighted by molar-refractivity contribution is -0.941. The zero-order valence-corrected chi connectivity index (χ0v) is 13.7. The second-order valence-electron chi connectivity index (χ2n) is 5.62. The molecule has 7 heteroatoms. The van der Waals surface area contributed by atoms with Crippen molar-refractivity contribution in [3.05, 3.63) is 23.8 Å². The maximum Gasteiger partial charge on any atom is 0.207 e. The van der Waals surface area contributed by atoms with E-state index in [1.807, 2.05) is 18.2 Å². The van der Waals surface area contributed by atoms with Crippen molar-refractivity contribution in [3.63, 3.8) is 0 Å².